The minimum absolute atomic E-state index is 0.258. The molecule has 0 N–H and O–H groups in total. The van der Waals surface area contributed by atoms with Crippen LogP contribution in [-0.2, 0) is 23.8 Å². The summed E-state index contributed by atoms with van der Waals surface area (Å²) in [6, 6.07) is 9.14. The molecule has 1 aliphatic heterocycles. The summed E-state index contributed by atoms with van der Waals surface area (Å²) in [6.07, 6.45) is 3.58. The Morgan fingerprint density at radius 1 is 1.04 bits per heavy atom. The lowest BCUT2D eigenvalue weighted by Gasteiger charge is -2.43. The fraction of sp³-hybridized carbons (Fsp3) is 0.600. The van der Waals surface area contributed by atoms with Crippen molar-refractivity contribution >= 4 is 10.1 Å². The zero-order chi connectivity index (χ0) is 19.3. The maximum absolute atomic E-state index is 13.2. The Bertz CT molecular complexity index is 739. The first-order valence-corrected chi connectivity index (χ1v) is 11.0. The second-order valence-corrected chi connectivity index (χ2v) is 8.69. The number of benzene rings is 1. The number of methoxy groups -OCH3 is 2. The van der Waals surface area contributed by atoms with Crippen LogP contribution in [0, 0.1) is 0 Å². The van der Waals surface area contributed by atoms with Gasteiger partial charge >= 0.3 is 10.1 Å². The van der Waals surface area contributed by atoms with Gasteiger partial charge in [-0.2, -0.15) is 8.42 Å². The van der Waals surface area contributed by atoms with Crippen LogP contribution in [0.15, 0.2) is 41.7 Å². The Morgan fingerprint density at radius 3 is 2.30 bits per heavy atom. The van der Waals surface area contributed by atoms with Gasteiger partial charge in [-0.15, -0.1) is 0 Å². The predicted octanol–water partition coefficient (Wildman–Crippen LogP) is 2.88. The van der Waals surface area contributed by atoms with E-state index in [-0.39, 0.29) is 6.04 Å². The molecule has 1 aliphatic carbocycles. The smallest absolute Gasteiger partial charge is 0.317 e. The molecule has 2 atom stereocenters. The third kappa shape index (κ3) is 4.54. The van der Waals surface area contributed by atoms with Crippen LogP contribution in [0.25, 0.3) is 0 Å². The molecule has 7 heteroatoms. The minimum atomic E-state index is -3.77. The fourth-order valence-electron chi connectivity index (χ4n) is 4.05. The van der Waals surface area contributed by atoms with Gasteiger partial charge in [0.2, 0.25) is 0 Å². The van der Waals surface area contributed by atoms with Crippen LogP contribution < -0.4 is 0 Å². The number of hydrogen-bond acceptors (Lipinski definition) is 6. The van der Waals surface area contributed by atoms with E-state index >= 15 is 0 Å². The average molecular weight is 396 g/mol. The molecular weight excluding hydrogens is 366 g/mol. The molecule has 6 nitrogen and oxygen atoms in total. The zero-order valence-electron chi connectivity index (χ0n) is 16.1. The van der Waals surface area contributed by atoms with Crippen molar-refractivity contribution in [2.24, 2.45) is 0 Å². The van der Waals surface area contributed by atoms with Crippen molar-refractivity contribution in [1.82, 2.24) is 4.90 Å². The summed E-state index contributed by atoms with van der Waals surface area (Å²) in [5.41, 5.74) is 1.89. The molecule has 0 amide bonds. The third-order valence-corrected chi connectivity index (χ3v) is 6.90. The quantitative estimate of drug-likeness (QED) is 0.631. The highest BCUT2D eigenvalue weighted by Gasteiger charge is 2.47. The summed E-state index contributed by atoms with van der Waals surface area (Å²) in [5, 5.41) is -0.746. The molecule has 3 rings (SSSR count). The highest BCUT2D eigenvalue weighted by molar-refractivity contribution is 7.87. The average Bonchev–Trinajstić information content (AvgIpc) is 2.67. The van der Waals surface area contributed by atoms with Gasteiger partial charge in [-0.3, -0.25) is 4.90 Å². The van der Waals surface area contributed by atoms with Crippen molar-refractivity contribution < 1.29 is 22.1 Å². The Hall–Kier alpha value is -1.41. The van der Waals surface area contributed by atoms with Gasteiger partial charge in [0.05, 0.1) is 19.3 Å². The van der Waals surface area contributed by atoms with Crippen molar-refractivity contribution in [3.05, 3.63) is 47.2 Å². The van der Waals surface area contributed by atoms with Gasteiger partial charge in [-0.25, -0.2) is 0 Å². The maximum atomic E-state index is 13.2. The van der Waals surface area contributed by atoms with E-state index in [4.69, 9.17) is 13.7 Å². The number of nitrogens with zero attached hydrogens (tertiary/aromatic N) is 1. The number of allylic oxidation sites excluding steroid dienone is 1. The Labute approximate surface area is 162 Å². The van der Waals surface area contributed by atoms with Gasteiger partial charge in [0.15, 0.2) is 0 Å². The first-order valence-electron chi connectivity index (χ1n) is 9.50. The molecule has 0 saturated heterocycles. The van der Waals surface area contributed by atoms with Gasteiger partial charge in [-0.1, -0.05) is 30.3 Å². The second-order valence-electron chi connectivity index (χ2n) is 7.03. The molecule has 0 saturated carbocycles. The molecule has 0 fully saturated rings. The van der Waals surface area contributed by atoms with Gasteiger partial charge in [0, 0.05) is 33.7 Å². The van der Waals surface area contributed by atoms with Gasteiger partial charge in [-0.05, 0) is 30.4 Å². The Morgan fingerprint density at radius 2 is 1.67 bits per heavy atom. The normalized spacial score (nSPS) is 24.6. The van der Waals surface area contributed by atoms with E-state index in [0.717, 1.165) is 30.4 Å². The van der Waals surface area contributed by atoms with E-state index < -0.39 is 15.4 Å². The topological polar surface area (TPSA) is 65.1 Å². The van der Waals surface area contributed by atoms with Crippen molar-refractivity contribution in [1.29, 1.82) is 0 Å². The van der Waals surface area contributed by atoms with Crippen LogP contribution >= 0.6 is 0 Å². The minimum Gasteiger partial charge on any atom is -0.386 e. The highest BCUT2D eigenvalue weighted by atomic mass is 32.2. The summed E-state index contributed by atoms with van der Waals surface area (Å²) in [6.45, 7) is 2.34. The second kappa shape index (κ2) is 9.19. The zero-order valence-corrected chi connectivity index (χ0v) is 16.9. The molecule has 0 radical (unpaired) electrons. The van der Waals surface area contributed by atoms with Crippen molar-refractivity contribution in [2.45, 2.75) is 37.0 Å². The van der Waals surface area contributed by atoms with E-state index in [0.29, 0.717) is 38.5 Å². The third-order valence-electron chi connectivity index (χ3n) is 5.32. The van der Waals surface area contributed by atoms with E-state index in [9.17, 15) is 8.42 Å². The summed E-state index contributed by atoms with van der Waals surface area (Å²) in [5.74, 6) is 0.651. The molecule has 1 heterocycles. The SMILES string of the molecule is COCCN(CCOC)[C@@H]1C2=C(CCCC2)OS(=O)(=O)[C@H]1c1ccccc1. The van der Waals surface area contributed by atoms with Crippen molar-refractivity contribution in [2.75, 3.05) is 40.5 Å². The lowest BCUT2D eigenvalue weighted by Crippen LogP contribution is -2.49. The molecule has 0 aromatic heterocycles. The van der Waals surface area contributed by atoms with E-state index in [1.54, 1.807) is 14.2 Å². The maximum Gasteiger partial charge on any atom is 0.317 e. The number of rotatable bonds is 8. The first kappa shape index (κ1) is 20.3. The lowest BCUT2D eigenvalue weighted by molar-refractivity contribution is 0.0881. The summed E-state index contributed by atoms with van der Waals surface area (Å²) in [4.78, 5) is 2.19. The standard InChI is InChI=1S/C20H29NO5S/c1-24-14-12-21(13-15-25-2)19-17-10-6-7-11-18(17)26-27(22,23)20(19)16-8-4-3-5-9-16/h3-5,8-9,19-20H,6-7,10-15H2,1-2H3/t19-,20+/m1/s1. The van der Waals surface area contributed by atoms with E-state index in [2.05, 4.69) is 4.90 Å². The number of hydrogen-bond donors (Lipinski definition) is 0. The highest BCUT2D eigenvalue weighted by Crippen LogP contribution is 2.45. The molecule has 150 valence electrons. The molecular formula is C20H29NO5S. The fourth-order valence-corrected chi connectivity index (χ4v) is 5.77. The summed E-state index contributed by atoms with van der Waals surface area (Å²) < 4.78 is 42.5. The largest absolute Gasteiger partial charge is 0.386 e. The molecule has 1 aromatic rings. The van der Waals surface area contributed by atoms with Crippen molar-refractivity contribution in [3.8, 4) is 0 Å². The monoisotopic (exact) mass is 395 g/mol. The molecule has 0 unspecified atom stereocenters. The van der Waals surface area contributed by atoms with Gasteiger partial charge in [0.1, 0.15) is 11.0 Å². The Kier molecular flexibility index (Phi) is 6.92. The Balaban J connectivity index is 2.08. The van der Waals surface area contributed by atoms with Crippen molar-refractivity contribution in [3.63, 3.8) is 0 Å². The van der Waals surface area contributed by atoms with Crippen LogP contribution in [0.1, 0.15) is 36.5 Å². The molecule has 0 bridgehead atoms. The van der Waals surface area contributed by atoms with Crippen LogP contribution in [-0.4, -0.2) is 59.9 Å². The van der Waals surface area contributed by atoms with Gasteiger partial charge in [0.25, 0.3) is 0 Å². The van der Waals surface area contributed by atoms with E-state index in [1.807, 2.05) is 30.3 Å². The van der Waals surface area contributed by atoms with Crippen LogP contribution in [0.4, 0.5) is 0 Å². The van der Waals surface area contributed by atoms with Crippen LogP contribution in [0.5, 0.6) is 0 Å². The molecule has 1 aromatic carbocycles. The predicted molar refractivity (Wildman–Crippen MR) is 104 cm³/mol. The number of ether oxygens (including phenoxy) is 2. The molecule has 2 aliphatic rings. The summed E-state index contributed by atoms with van der Waals surface area (Å²) >= 11 is 0. The first-order chi connectivity index (χ1) is 13.1. The van der Waals surface area contributed by atoms with E-state index in [1.165, 1.54) is 0 Å². The van der Waals surface area contributed by atoms with Crippen LogP contribution in [0.3, 0.4) is 0 Å². The van der Waals surface area contributed by atoms with Gasteiger partial charge < -0.3 is 13.7 Å². The van der Waals surface area contributed by atoms with Crippen LogP contribution in [0.2, 0.25) is 0 Å². The summed E-state index contributed by atoms with van der Waals surface area (Å²) in [7, 11) is -0.449. The molecule has 27 heavy (non-hydrogen) atoms. The lowest BCUT2D eigenvalue weighted by atomic mass is 9.87. The molecule has 0 spiro atoms.